The van der Waals surface area contributed by atoms with Crippen molar-refractivity contribution in [1.29, 1.82) is 0 Å². The molecular weight excluding hydrogens is 369 g/mol. The molecule has 8 heteroatoms. The highest BCUT2D eigenvalue weighted by atomic mass is 32.2. The van der Waals surface area contributed by atoms with Crippen LogP contribution in [0.3, 0.4) is 0 Å². The summed E-state index contributed by atoms with van der Waals surface area (Å²) in [6.45, 7) is 2.08. The quantitative estimate of drug-likeness (QED) is 0.688. The molecule has 2 aromatic carbocycles. The Morgan fingerprint density at radius 3 is 2.37 bits per heavy atom. The Morgan fingerprint density at radius 1 is 1.04 bits per heavy atom. The molecule has 0 unspecified atom stereocenters. The fourth-order valence-corrected chi connectivity index (χ4v) is 5.07. The van der Waals surface area contributed by atoms with Gasteiger partial charge in [0.25, 0.3) is 0 Å². The summed E-state index contributed by atoms with van der Waals surface area (Å²) in [4.78, 5) is 3.98. The summed E-state index contributed by atoms with van der Waals surface area (Å²) in [5.74, 6) is -0.326. The van der Waals surface area contributed by atoms with Gasteiger partial charge in [-0.2, -0.15) is 9.29 Å². The molecule has 140 valence electrons. The van der Waals surface area contributed by atoms with Gasteiger partial charge in [-0.25, -0.2) is 12.8 Å². The van der Waals surface area contributed by atoms with Crippen molar-refractivity contribution in [2.75, 3.05) is 13.1 Å². The molecule has 0 N–H and O–H groups in total. The van der Waals surface area contributed by atoms with E-state index in [4.69, 9.17) is 4.52 Å². The summed E-state index contributed by atoms with van der Waals surface area (Å²) in [6, 6.07) is 15.0. The standard InChI is InChI=1S/C19H18FN3O3S/c1-13-21-19(26-22-13)16-12-23(11-15(16)14-7-3-2-4-8-14)27(24,25)18-10-6-5-9-17(18)20/h2-10,15-16H,11-12H2,1H3/t15-,16-/m1/s1. The number of sulfonamides is 1. The molecule has 1 aliphatic rings. The van der Waals surface area contributed by atoms with Crippen LogP contribution in [-0.4, -0.2) is 36.0 Å². The first-order valence-corrected chi connectivity index (χ1v) is 10.0. The third kappa shape index (κ3) is 3.26. The van der Waals surface area contributed by atoms with Crippen molar-refractivity contribution < 1.29 is 17.3 Å². The first kappa shape index (κ1) is 17.8. The molecule has 0 bridgehead atoms. The molecule has 27 heavy (non-hydrogen) atoms. The normalized spacial score (nSPS) is 20.8. The number of rotatable bonds is 4. The van der Waals surface area contributed by atoms with E-state index < -0.39 is 15.8 Å². The number of aryl methyl sites for hydroxylation is 1. The number of nitrogens with zero attached hydrogens (tertiary/aromatic N) is 3. The fraction of sp³-hybridized carbons (Fsp3) is 0.263. The van der Waals surface area contributed by atoms with E-state index in [0.29, 0.717) is 11.7 Å². The molecule has 0 aliphatic carbocycles. The second-order valence-corrected chi connectivity index (χ2v) is 8.46. The average Bonchev–Trinajstić information content (AvgIpc) is 3.29. The highest BCUT2D eigenvalue weighted by Gasteiger charge is 2.43. The first-order chi connectivity index (χ1) is 13.0. The molecule has 6 nitrogen and oxygen atoms in total. The first-order valence-electron chi connectivity index (χ1n) is 8.56. The predicted octanol–water partition coefficient (Wildman–Crippen LogP) is 3.09. The Hall–Kier alpha value is -2.58. The molecule has 1 aromatic heterocycles. The Labute approximate surface area is 156 Å². The van der Waals surface area contributed by atoms with Gasteiger partial charge < -0.3 is 4.52 Å². The molecule has 1 aliphatic heterocycles. The molecule has 0 spiro atoms. The predicted molar refractivity (Wildman–Crippen MR) is 96.1 cm³/mol. The van der Waals surface area contributed by atoms with Gasteiger partial charge in [0, 0.05) is 19.0 Å². The SMILES string of the molecule is Cc1noc([C@@H]2CN(S(=O)(=O)c3ccccc3F)C[C@@H]2c2ccccc2)n1. The van der Waals surface area contributed by atoms with E-state index in [1.54, 1.807) is 6.92 Å². The topological polar surface area (TPSA) is 76.3 Å². The zero-order valence-electron chi connectivity index (χ0n) is 14.6. The van der Waals surface area contributed by atoms with Gasteiger partial charge in [-0.15, -0.1) is 0 Å². The lowest BCUT2D eigenvalue weighted by Gasteiger charge is -2.17. The monoisotopic (exact) mass is 387 g/mol. The number of hydrogen-bond acceptors (Lipinski definition) is 5. The molecule has 0 amide bonds. The summed E-state index contributed by atoms with van der Waals surface area (Å²) in [7, 11) is -3.98. The van der Waals surface area contributed by atoms with Crippen molar-refractivity contribution in [1.82, 2.24) is 14.4 Å². The largest absolute Gasteiger partial charge is 0.339 e. The van der Waals surface area contributed by atoms with Crippen LogP contribution in [0.25, 0.3) is 0 Å². The molecule has 1 fully saturated rings. The minimum absolute atomic E-state index is 0.151. The zero-order chi connectivity index (χ0) is 19.0. The number of hydrogen-bond donors (Lipinski definition) is 0. The van der Waals surface area contributed by atoms with E-state index in [1.165, 1.54) is 22.5 Å². The van der Waals surface area contributed by atoms with Crippen LogP contribution in [0.4, 0.5) is 4.39 Å². The van der Waals surface area contributed by atoms with Crippen molar-refractivity contribution >= 4 is 10.0 Å². The second-order valence-electron chi connectivity index (χ2n) is 6.56. The van der Waals surface area contributed by atoms with E-state index >= 15 is 0 Å². The number of benzene rings is 2. The van der Waals surface area contributed by atoms with Crippen LogP contribution in [0.1, 0.15) is 29.1 Å². The smallest absolute Gasteiger partial charge is 0.246 e. The Kier molecular flexibility index (Phi) is 4.53. The highest BCUT2D eigenvalue weighted by Crippen LogP contribution is 2.41. The molecule has 2 heterocycles. The van der Waals surface area contributed by atoms with Crippen LogP contribution >= 0.6 is 0 Å². The lowest BCUT2D eigenvalue weighted by molar-refractivity contribution is 0.345. The second kappa shape index (κ2) is 6.86. The lowest BCUT2D eigenvalue weighted by Crippen LogP contribution is -2.29. The summed E-state index contributed by atoms with van der Waals surface area (Å²) in [6.07, 6.45) is 0. The average molecular weight is 387 g/mol. The Morgan fingerprint density at radius 2 is 1.70 bits per heavy atom. The van der Waals surface area contributed by atoms with E-state index in [-0.39, 0.29) is 29.8 Å². The van der Waals surface area contributed by atoms with E-state index in [2.05, 4.69) is 10.1 Å². The number of halogens is 1. The van der Waals surface area contributed by atoms with Crippen LogP contribution < -0.4 is 0 Å². The van der Waals surface area contributed by atoms with Gasteiger partial charge in [-0.05, 0) is 24.6 Å². The Bertz CT molecular complexity index is 1050. The molecule has 0 radical (unpaired) electrons. The van der Waals surface area contributed by atoms with Gasteiger partial charge in [0.2, 0.25) is 15.9 Å². The van der Waals surface area contributed by atoms with E-state index in [1.807, 2.05) is 30.3 Å². The summed E-state index contributed by atoms with van der Waals surface area (Å²) < 4.78 is 46.8. The summed E-state index contributed by atoms with van der Waals surface area (Å²) in [5.41, 5.74) is 0.976. The van der Waals surface area contributed by atoms with Crippen LogP contribution in [0.15, 0.2) is 64.0 Å². The summed E-state index contributed by atoms with van der Waals surface area (Å²) in [5, 5.41) is 3.83. The minimum Gasteiger partial charge on any atom is -0.339 e. The van der Waals surface area contributed by atoms with E-state index in [9.17, 15) is 12.8 Å². The van der Waals surface area contributed by atoms with Crippen LogP contribution in [0.5, 0.6) is 0 Å². The molecule has 3 aromatic rings. The third-order valence-electron chi connectivity index (χ3n) is 4.83. The van der Waals surface area contributed by atoms with E-state index in [0.717, 1.165) is 11.6 Å². The Balaban J connectivity index is 1.73. The zero-order valence-corrected chi connectivity index (χ0v) is 15.4. The summed E-state index contributed by atoms with van der Waals surface area (Å²) >= 11 is 0. The maximum atomic E-state index is 14.1. The van der Waals surface area contributed by atoms with Crippen molar-refractivity contribution in [2.45, 2.75) is 23.7 Å². The van der Waals surface area contributed by atoms with Gasteiger partial charge in [-0.1, -0.05) is 47.6 Å². The highest BCUT2D eigenvalue weighted by molar-refractivity contribution is 7.89. The molecule has 4 rings (SSSR count). The van der Waals surface area contributed by atoms with Gasteiger partial charge in [-0.3, -0.25) is 0 Å². The maximum absolute atomic E-state index is 14.1. The molecule has 0 saturated carbocycles. The van der Waals surface area contributed by atoms with Crippen molar-refractivity contribution in [3.05, 3.63) is 77.7 Å². The van der Waals surface area contributed by atoms with Gasteiger partial charge in [0.1, 0.15) is 10.7 Å². The molecule has 1 saturated heterocycles. The van der Waals surface area contributed by atoms with Crippen LogP contribution in [-0.2, 0) is 10.0 Å². The van der Waals surface area contributed by atoms with Crippen molar-refractivity contribution in [3.63, 3.8) is 0 Å². The van der Waals surface area contributed by atoms with Crippen LogP contribution in [0, 0.1) is 12.7 Å². The van der Waals surface area contributed by atoms with Crippen molar-refractivity contribution in [3.8, 4) is 0 Å². The fourth-order valence-electron chi connectivity index (χ4n) is 3.51. The lowest BCUT2D eigenvalue weighted by atomic mass is 9.89. The van der Waals surface area contributed by atoms with Gasteiger partial charge in [0.15, 0.2) is 5.82 Å². The van der Waals surface area contributed by atoms with Crippen LogP contribution in [0.2, 0.25) is 0 Å². The minimum atomic E-state index is -3.98. The molecule has 2 atom stereocenters. The van der Waals surface area contributed by atoms with Gasteiger partial charge >= 0.3 is 0 Å². The molecular formula is C19H18FN3O3S. The maximum Gasteiger partial charge on any atom is 0.246 e. The van der Waals surface area contributed by atoms with Gasteiger partial charge in [0.05, 0.1) is 5.92 Å². The number of aromatic nitrogens is 2. The van der Waals surface area contributed by atoms with Crippen molar-refractivity contribution in [2.24, 2.45) is 0 Å². The third-order valence-corrected chi connectivity index (χ3v) is 6.69.